The van der Waals surface area contributed by atoms with Gasteiger partial charge in [0, 0.05) is 24.9 Å². The van der Waals surface area contributed by atoms with E-state index in [2.05, 4.69) is 5.32 Å². The van der Waals surface area contributed by atoms with Crippen molar-refractivity contribution in [2.75, 3.05) is 25.1 Å². The summed E-state index contributed by atoms with van der Waals surface area (Å²) < 4.78 is 0. The average molecular weight is 260 g/mol. The Balaban J connectivity index is 2.43. The Labute approximate surface area is 106 Å². The lowest BCUT2D eigenvalue weighted by atomic mass is 9.99. The first-order valence-corrected chi connectivity index (χ1v) is 7.21. The third kappa shape index (κ3) is 4.46. The van der Waals surface area contributed by atoms with Crippen LogP contribution in [0.25, 0.3) is 0 Å². The van der Waals surface area contributed by atoms with Crippen molar-refractivity contribution in [1.29, 1.82) is 0 Å². The van der Waals surface area contributed by atoms with Crippen molar-refractivity contribution in [2.24, 2.45) is 5.92 Å². The number of aliphatic carboxylic acids is 1. The highest BCUT2D eigenvalue weighted by Gasteiger charge is 2.28. The van der Waals surface area contributed by atoms with Crippen molar-refractivity contribution < 1.29 is 14.7 Å². The van der Waals surface area contributed by atoms with E-state index < -0.39 is 11.9 Å². The molecule has 1 heterocycles. The van der Waals surface area contributed by atoms with Crippen LogP contribution in [0.15, 0.2) is 0 Å². The lowest BCUT2D eigenvalue weighted by Gasteiger charge is -2.31. The Kier molecular flexibility index (Phi) is 5.61. The quantitative estimate of drug-likeness (QED) is 0.798. The molecule has 6 heteroatoms. The molecule has 2 atom stereocenters. The summed E-state index contributed by atoms with van der Waals surface area (Å²) in [6, 6.07) is -0.0276. The highest BCUT2D eigenvalue weighted by molar-refractivity contribution is 7.98. The summed E-state index contributed by atoms with van der Waals surface area (Å²) in [6.07, 6.45) is 3.42. The number of carbonyl (C=O) groups is 2. The number of likely N-dealkylation sites (tertiary alicyclic amines) is 1. The van der Waals surface area contributed by atoms with Crippen LogP contribution in [0, 0.1) is 5.92 Å². The van der Waals surface area contributed by atoms with Crippen LogP contribution < -0.4 is 5.32 Å². The van der Waals surface area contributed by atoms with E-state index in [0.29, 0.717) is 19.5 Å². The van der Waals surface area contributed by atoms with Crippen LogP contribution in [-0.4, -0.2) is 53.1 Å². The van der Waals surface area contributed by atoms with E-state index in [1.807, 2.05) is 13.2 Å². The number of thioether (sulfide) groups is 1. The molecule has 0 saturated carbocycles. The first-order valence-electron chi connectivity index (χ1n) is 5.81. The predicted molar refractivity (Wildman–Crippen MR) is 68.3 cm³/mol. The van der Waals surface area contributed by atoms with E-state index in [1.54, 1.807) is 16.7 Å². The van der Waals surface area contributed by atoms with Gasteiger partial charge >= 0.3 is 12.0 Å². The van der Waals surface area contributed by atoms with Crippen molar-refractivity contribution >= 4 is 23.8 Å². The molecule has 0 radical (unpaired) electrons. The molecule has 0 aromatic rings. The smallest absolute Gasteiger partial charge is 0.317 e. The number of carbonyl (C=O) groups excluding carboxylic acids is 1. The Morgan fingerprint density at radius 3 is 2.88 bits per heavy atom. The van der Waals surface area contributed by atoms with Gasteiger partial charge in [-0.3, -0.25) is 4.79 Å². The molecule has 1 aliphatic rings. The SMILES string of the molecule is CSCC(C)NC(=O)N1CCC[C@H](C(=O)O)C1. The molecule has 1 fully saturated rings. The molecule has 1 saturated heterocycles. The average Bonchev–Trinajstić information content (AvgIpc) is 2.29. The predicted octanol–water partition coefficient (Wildman–Crippen LogP) is 1.24. The first kappa shape index (κ1) is 14.2. The molecule has 2 amide bonds. The number of piperidine rings is 1. The molecule has 0 bridgehead atoms. The van der Waals surface area contributed by atoms with Gasteiger partial charge in [0.05, 0.1) is 5.92 Å². The van der Waals surface area contributed by atoms with Gasteiger partial charge in [-0.15, -0.1) is 0 Å². The lowest BCUT2D eigenvalue weighted by molar-refractivity contribution is -0.143. The zero-order valence-electron chi connectivity index (χ0n) is 10.3. The number of hydrogen-bond acceptors (Lipinski definition) is 3. The van der Waals surface area contributed by atoms with Crippen molar-refractivity contribution in [3.05, 3.63) is 0 Å². The molecule has 0 aliphatic carbocycles. The third-order valence-corrected chi connectivity index (χ3v) is 3.68. The van der Waals surface area contributed by atoms with Gasteiger partial charge in [-0.25, -0.2) is 4.79 Å². The standard InChI is InChI=1S/C11H20N2O3S/c1-8(7-17-2)12-11(16)13-5-3-4-9(6-13)10(14)15/h8-9H,3-7H2,1-2H3,(H,12,16)(H,14,15)/t8?,9-/m0/s1. The van der Waals surface area contributed by atoms with E-state index in [1.165, 1.54) is 0 Å². The highest BCUT2D eigenvalue weighted by atomic mass is 32.2. The molecular weight excluding hydrogens is 240 g/mol. The summed E-state index contributed by atoms with van der Waals surface area (Å²) >= 11 is 1.68. The van der Waals surface area contributed by atoms with Crippen LogP contribution in [0.4, 0.5) is 4.79 Å². The summed E-state index contributed by atoms with van der Waals surface area (Å²) in [6.45, 7) is 2.93. The molecule has 2 N–H and O–H groups in total. The first-order chi connectivity index (χ1) is 8.04. The van der Waals surface area contributed by atoms with Gasteiger partial charge in [-0.1, -0.05) is 0 Å². The number of amides is 2. The van der Waals surface area contributed by atoms with E-state index in [0.717, 1.165) is 12.2 Å². The Bertz CT molecular complexity index is 286. The van der Waals surface area contributed by atoms with Gasteiger partial charge in [0.25, 0.3) is 0 Å². The fourth-order valence-electron chi connectivity index (χ4n) is 1.96. The minimum absolute atomic E-state index is 0.114. The zero-order valence-corrected chi connectivity index (χ0v) is 11.1. The molecule has 1 unspecified atom stereocenters. The van der Waals surface area contributed by atoms with Crippen molar-refractivity contribution in [3.8, 4) is 0 Å². The largest absolute Gasteiger partial charge is 0.481 e. The second kappa shape index (κ2) is 6.74. The van der Waals surface area contributed by atoms with E-state index in [4.69, 9.17) is 5.11 Å². The van der Waals surface area contributed by atoms with Crippen LogP contribution >= 0.6 is 11.8 Å². The number of nitrogens with zero attached hydrogens (tertiary/aromatic N) is 1. The van der Waals surface area contributed by atoms with Crippen LogP contribution in [-0.2, 0) is 4.79 Å². The minimum Gasteiger partial charge on any atom is -0.481 e. The van der Waals surface area contributed by atoms with Crippen molar-refractivity contribution in [1.82, 2.24) is 10.2 Å². The van der Waals surface area contributed by atoms with Crippen LogP contribution in [0.1, 0.15) is 19.8 Å². The Morgan fingerprint density at radius 2 is 2.29 bits per heavy atom. The van der Waals surface area contributed by atoms with Gasteiger partial charge < -0.3 is 15.3 Å². The molecule has 17 heavy (non-hydrogen) atoms. The fraction of sp³-hybridized carbons (Fsp3) is 0.818. The molecule has 0 spiro atoms. The summed E-state index contributed by atoms with van der Waals surface area (Å²) in [5, 5.41) is 11.8. The van der Waals surface area contributed by atoms with Gasteiger partial charge in [-0.2, -0.15) is 11.8 Å². The minimum atomic E-state index is -0.806. The summed E-state index contributed by atoms with van der Waals surface area (Å²) in [5.41, 5.74) is 0. The second-order valence-corrected chi connectivity index (χ2v) is 5.34. The van der Waals surface area contributed by atoms with Crippen LogP contribution in [0.3, 0.4) is 0 Å². The molecule has 0 aromatic heterocycles. The lowest BCUT2D eigenvalue weighted by Crippen LogP contribution is -2.49. The molecule has 1 rings (SSSR count). The van der Waals surface area contributed by atoms with Gasteiger partial charge in [0.15, 0.2) is 0 Å². The fourth-order valence-corrected chi connectivity index (χ4v) is 2.54. The number of hydrogen-bond donors (Lipinski definition) is 2. The Hall–Kier alpha value is -0.910. The summed E-state index contributed by atoms with van der Waals surface area (Å²) in [7, 11) is 0. The normalized spacial score (nSPS) is 22.0. The number of urea groups is 1. The number of nitrogens with one attached hydrogen (secondary N) is 1. The second-order valence-electron chi connectivity index (χ2n) is 4.43. The molecule has 1 aliphatic heterocycles. The Morgan fingerprint density at radius 1 is 1.59 bits per heavy atom. The van der Waals surface area contributed by atoms with Gasteiger partial charge in [-0.05, 0) is 26.0 Å². The highest BCUT2D eigenvalue weighted by Crippen LogP contribution is 2.16. The molecule has 98 valence electrons. The van der Waals surface area contributed by atoms with Crippen LogP contribution in [0.2, 0.25) is 0 Å². The maximum Gasteiger partial charge on any atom is 0.317 e. The van der Waals surface area contributed by atoms with Crippen molar-refractivity contribution in [2.45, 2.75) is 25.8 Å². The summed E-state index contributed by atoms with van der Waals surface area (Å²) in [4.78, 5) is 24.4. The van der Waals surface area contributed by atoms with E-state index in [9.17, 15) is 9.59 Å². The number of carboxylic acids is 1. The summed E-state index contributed by atoms with van der Waals surface area (Å²) in [5.74, 6) is -0.355. The zero-order chi connectivity index (χ0) is 12.8. The maximum atomic E-state index is 11.9. The molecule has 0 aromatic carbocycles. The monoisotopic (exact) mass is 260 g/mol. The molecule has 5 nitrogen and oxygen atoms in total. The maximum absolute atomic E-state index is 11.9. The van der Waals surface area contributed by atoms with E-state index in [-0.39, 0.29) is 12.1 Å². The van der Waals surface area contributed by atoms with Crippen LogP contribution in [0.5, 0.6) is 0 Å². The van der Waals surface area contributed by atoms with Gasteiger partial charge in [0.1, 0.15) is 0 Å². The topological polar surface area (TPSA) is 69.6 Å². The number of rotatable bonds is 4. The van der Waals surface area contributed by atoms with Gasteiger partial charge in [0.2, 0.25) is 0 Å². The molecular formula is C11H20N2O3S. The third-order valence-electron chi connectivity index (χ3n) is 2.84. The van der Waals surface area contributed by atoms with Crippen molar-refractivity contribution in [3.63, 3.8) is 0 Å². The number of carboxylic acid groups (broad SMARTS) is 1. The van der Waals surface area contributed by atoms with E-state index >= 15 is 0 Å².